The fourth-order valence-corrected chi connectivity index (χ4v) is 1.87. The average Bonchev–Trinajstić information content (AvgIpc) is 2.42. The highest BCUT2D eigenvalue weighted by atomic mass is 19.1. The molecule has 3 atom stereocenters. The van der Waals surface area contributed by atoms with Crippen LogP contribution in [0.15, 0.2) is 0 Å². The second-order valence-electron chi connectivity index (χ2n) is 3.91. The molecule has 0 saturated carbocycles. The quantitative estimate of drug-likeness (QED) is 0.424. The predicted molar refractivity (Wildman–Crippen MR) is 53.5 cm³/mol. The number of aliphatic hydroxyl groups is 1. The predicted octanol–water partition coefficient (Wildman–Crippen LogP) is -1.68. The van der Waals surface area contributed by atoms with Crippen LogP contribution in [0.4, 0.5) is 4.39 Å². The van der Waals surface area contributed by atoms with Crippen LogP contribution in [-0.2, 0) is 4.79 Å². The standard InChI is InChI=1S/C8H15BFNO5/c10-6-5(12)4-11(7(6)8(13)14)3-1-2-9(15)16/h5-7,12,15-16H,1-4H2,(H,13,14). The minimum absolute atomic E-state index is 0.0420. The Labute approximate surface area is 92.4 Å². The first kappa shape index (κ1) is 13.4. The van der Waals surface area contributed by atoms with Crippen molar-refractivity contribution in [3.05, 3.63) is 0 Å². The largest absolute Gasteiger partial charge is 0.480 e. The first-order chi connectivity index (χ1) is 7.43. The van der Waals surface area contributed by atoms with Gasteiger partial charge in [-0.25, -0.2) is 4.39 Å². The number of hydrogen-bond donors (Lipinski definition) is 4. The highest BCUT2D eigenvalue weighted by Gasteiger charge is 2.45. The smallest absolute Gasteiger partial charge is 0.451 e. The molecule has 1 heterocycles. The van der Waals surface area contributed by atoms with Gasteiger partial charge in [0.2, 0.25) is 0 Å². The van der Waals surface area contributed by atoms with Crippen LogP contribution in [0.3, 0.4) is 0 Å². The fourth-order valence-electron chi connectivity index (χ4n) is 1.87. The van der Waals surface area contributed by atoms with E-state index in [-0.39, 0.29) is 19.4 Å². The van der Waals surface area contributed by atoms with Crippen LogP contribution in [0.2, 0.25) is 6.32 Å². The molecule has 0 aliphatic carbocycles. The van der Waals surface area contributed by atoms with Crippen LogP contribution >= 0.6 is 0 Å². The van der Waals surface area contributed by atoms with Gasteiger partial charge in [0.05, 0.1) is 0 Å². The molecule has 3 unspecified atom stereocenters. The SMILES string of the molecule is O=C(O)C1C(F)C(O)CN1CCCB(O)O. The van der Waals surface area contributed by atoms with Gasteiger partial charge in [-0.1, -0.05) is 0 Å². The van der Waals surface area contributed by atoms with Crippen LogP contribution in [0.1, 0.15) is 6.42 Å². The average molecular weight is 235 g/mol. The minimum atomic E-state index is -1.79. The normalized spacial score (nSPS) is 30.6. The first-order valence-electron chi connectivity index (χ1n) is 5.08. The van der Waals surface area contributed by atoms with Gasteiger partial charge in [0, 0.05) is 6.54 Å². The van der Waals surface area contributed by atoms with E-state index in [1.54, 1.807) is 0 Å². The molecule has 6 nitrogen and oxygen atoms in total. The Hall–Kier alpha value is -0.695. The van der Waals surface area contributed by atoms with Crippen molar-refractivity contribution in [2.24, 2.45) is 0 Å². The van der Waals surface area contributed by atoms with Crippen molar-refractivity contribution in [1.82, 2.24) is 4.90 Å². The summed E-state index contributed by atoms with van der Waals surface area (Å²) >= 11 is 0. The van der Waals surface area contributed by atoms with E-state index in [0.29, 0.717) is 6.42 Å². The number of likely N-dealkylation sites (tertiary alicyclic amines) is 1. The number of rotatable bonds is 5. The molecule has 8 heteroatoms. The van der Waals surface area contributed by atoms with E-state index in [9.17, 15) is 14.3 Å². The Morgan fingerprint density at radius 2 is 2.12 bits per heavy atom. The topological polar surface area (TPSA) is 101 Å². The maximum Gasteiger partial charge on any atom is 0.451 e. The molecule has 16 heavy (non-hydrogen) atoms. The van der Waals surface area contributed by atoms with Crippen LogP contribution in [0, 0.1) is 0 Å². The Kier molecular flexibility index (Phi) is 4.66. The summed E-state index contributed by atoms with van der Waals surface area (Å²) in [5.41, 5.74) is 0. The van der Waals surface area contributed by atoms with Crippen molar-refractivity contribution in [1.29, 1.82) is 0 Å². The minimum Gasteiger partial charge on any atom is -0.480 e. The van der Waals surface area contributed by atoms with Crippen molar-refractivity contribution in [3.8, 4) is 0 Å². The highest BCUT2D eigenvalue weighted by molar-refractivity contribution is 6.40. The summed E-state index contributed by atoms with van der Waals surface area (Å²) in [6.45, 7) is 0.172. The van der Waals surface area contributed by atoms with Crippen molar-refractivity contribution in [3.63, 3.8) is 0 Å². The van der Waals surface area contributed by atoms with Crippen molar-refractivity contribution < 1.29 is 29.4 Å². The number of alkyl halides is 1. The molecule has 1 aliphatic heterocycles. The molecular weight excluding hydrogens is 220 g/mol. The Morgan fingerprint density at radius 3 is 2.62 bits per heavy atom. The summed E-state index contributed by atoms with van der Waals surface area (Å²) in [5.74, 6) is -1.31. The van der Waals surface area contributed by atoms with Crippen LogP contribution < -0.4 is 0 Å². The van der Waals surface area contributed by atoms with Gasteiger partial charge in [0.1, 0.15) is 12.1 Å². The third-order valence-corrected chi connectivity index (χ3v) is 2.64. The summed E-state index contributed by atoms with van der Waals surface area (Å²) in [7, 11) is -1.45. The summed E-state index contributed by atoms with van der Waals surface area (Å²) in [6.07, 6.45) is -2.66. The Bertz CT molecular complexity index is 255. The second-order valence-corrected chi connectivity index (χ2v) is 3.91. The molecule has 1 aliphatic rings. The molecule has 0 bridgehead atoms. The summed E-state index contributed by atoms with van der Waals surface area (Å²) in [4.78, 5) is 12.1. The van der Waals surface area contributed by atoms with Gasteiger partial charge in [0.15, 0.2) is 6.17 Å². The lowest BCUT2D eigenvalue weighted by molar-refractivity contribution is -0.144. The number of aliphatic hydroxyl groups excluding tert-OH is 1. The lowest BCUT2D eigenvalue weighted by Gasteiger charge is -2.20. The number of nitrogens with zero attached hydrogens (tertiary/aromatic N) is 1. The molecule has 92 valence electrons. The maximum absolute atomic E-state index is 13.3. The van der Waals surface area contributed by atoms with E-state index in [1.807, 2.05) is 0 Å². The molecule has 1 rings (SSSR count). The van der Waals surface area contributed by atoms with Gasteiger partial charge >= 0.3 is 13.1 Å². The van der Waals surface area contributed by atoms with E-state index in [2.05, 4.69) is 0 Å². The summed E-state index contributed by atoms with van der Waals surface area (Å²) in [6, 6.07) is -1.34. The van der Waals surface area contributed by atoms with E-state index < -0.39 is 31.4 Å². The molecule has 0 aromatic heterocycles. The number of carboxylic acids is 1. The van der Waals surface area contributed by atoms with Crippen molar-refractivity contribution in [2.75, 3.05) is 13.1 Å². The number of aliphatic carboxylic acids is 1. The molecule has 1 saturated heterocycles. The lowest BCUT2D eigenvalue weighted by Crippen LogP contribution is -2.41. The molecule has 0 spiro atoms. The van der Waals surface area contributed by atoms with Gasteiger partial charge < -0.3 is 20.3 Å². The fraction of sp³-hybridized carbons (Fsp3) is 0.875. The summed E-state index contributed by atoms with van der Waals surface area (Å²) < 4.78 is 13.3. The number of carbonyl (C=O) groups is 1. The van der Waals surface area contributed by atoms with Gasteiger partial charge in [0.25, 0.3) is 0 Å². The Morgan fingerprint density at radius 1 is 1.50 bits per heavy atom. The second kappa shape index (κ2) is 5.58. The molecule has 4 N–H and O–H groups in total. The van der Waals surface area contributed by atoms with Crippen LogP contribution in [0.25, 0.3) is 0 Å². The monoisotopic (exact) mass is 235 g/mol. The van der Waals surface area contributed by atoms with Crippen molar-refractivity contribution in [2.45, 2.75) is 31.1 Å². The number of halogens is 1. The molecule has 1 fully saturated rings. The van der Waals surface area contributed by atoms with Crippen LogP contribution in [-0.4, -0.2) is 69.7 Å². The van der Waals surface area contributed by atoms with E-state index >= 15 is 0 Å². The number of carboxylic acid groups (broad SMARTS) is 1. The van der Waals surface area contributed by atoms with Gasteiger partial charge in [-0.15, -0.1) is 0 Å². The van der Waals surface area contributed by atoms with Crippen LogP contribution in [0.5, 0.6) is 0 Å². The van der Waals surface area contributed by atoms with Gasteiger partial charge in [-0.2, -0.15) is 0 Å². The van der Waals surface area contributed by atoms with Crippen molar-refractivity contribution >= 4 is 13.1 Å². The Balaban J connectivity index is 2.48. The number of β-amino-alcohol motifs (C(OH)–C–C–N with tert-alkyl or cyclic N) is 1. The highest BCUT2D eigenvalue weighted by Crippen LogP contribution is 2.22. The van der Waals surface area contributed by atoms with E-state index in [0.717, 1.165) is 0 Å². The molecule has 0 aromatic carbocycles. The maximum atomic E-state index is 13.3. The summed E-state index contributed by atoms with van der Waals surface area (Å²) in [5, 5.41) is 35.2. The molecule has 0 aromatic rings. The zero-order chi connectivity index (χ0) is 12.3. The zero-order valence-corrected chi connectivity index (χ0v) is 8.66. The third-order valence-electron chi connectivity index (χ3n) is 2.64. The molecule has 0 radical (unpaired) electrons. The molecule has 0 amide bonds. The number of hydrogen-bond acceptors (Lipinski definition) is 5. The van der Waals surface area contributed by atoms with Gasteiger partial charge in [-0.05, 0) is 19.3 Å². The lowest BCUT2D eigenvalue weighted by atomic mass is 9.84. The van der Waals surface area contributed by atoms with E-state index in [4.69, 9.17) is 15.2 Å². The van der Waals surface area contributed by atoms with E-state index in [1.165, 1.54) is 4.90 Å². The molecular formula is C8H15BFNO5. The third kappa shape index (κ3) is 3.15. The zero-order valence-electron chi connectivity index (χ0n) is 8.66. The van der Waals surface area contributed by atoms with Gasteiger partial charge in [-0.3, -0.25) is 9.69 Å². The first-order valence-corrected chi connectivity index (χ1v) is 5.08.